The van der Waals surface area contributed by atoms with Gasteiger partial charge < -0.3 is 9.72 Å². The highest BCUT2D eigenvalue weighted by atomic mass is 35.5. The monoisotopic (exact) mass is 389 g/mol. The zero-order chi connectivity index (χ0) is 19.3. The Morgan fingerprint density at radius 3 is 2.54 bits per heavy atom. The van der Waals surface area contributed by atoms with Crippen LogP contribution in [0.15, 0.2) is 78.2 Å². The van der Waals surface area contributed by atoms with Gasteiger partial charge in [-0.05, 0) is 42.4 Å². The molecule has 0 saturated carbocycles. The number of pyridine rings is 1. The Kier molecular flexibility index (Phi) is 5.37. The highest BCUT2D eigenvalue weighted by molar-refractivity contribution is 6.30. The maximum absolute atomic E-state index is 6.04. The number of benzene rings is 2. The minimum absolute atomic E-state index is 0.686. The van der Waals surface area contributed by atoms with E-state index in [1.165, 1.54) is 5.56 Å². The molecule has 2 aromatic carbocycles. The molecule has 0 fully saturated rings. The van der Waals surface area contributed by atoms with Crippen molar-refractivity contribution in [1.29, 1.82) is 0 Å². The van der Waals surface area contributed by atoms with E-state index in [9.17, 15) is 0 Å². The predicted molar refractivity (Wildman–Crippen MR) is 116 cm³/mol. The number of hydrogen-bond acceptors (Lipinski definition) is 4. The average molecular weight is 390 g/mol. The second kappa shape index (κ2) is 8.25. The van der Waals surface area contributed by atoms with Crippen molar-refractivity contribution in [2.75, 3.05) is 12.5 Å². The zero-order valence-electron chi connectivity index (χ0n) is 15.4. The molecule has 0 bridgehead atoms. The van der Waals surface area contributed by atoms with E-state index in [1.54, 1.807) is 0 Å². The molecule has 4 rings (SSSR count). The number of hydrogen-bond donors (Lipinski definition) is 2. The number of fused-ring (bicyclic) bond motifs is 1. The number of anilines is 1. The first-order valence-corrected chi connectivity index (χ1v) is 9.36. The molecular weight excluding hydrogens is 370 g/mol. The van der Waals surface area contributed by atoms with Crippen molar-refractivity contribution in [3.8, 4) is 11.3 Å². The summed E-state index contributed by atoms with van der Waals surface area (Å²) in [5.74, 6) is 0. The molecule has 2 aromatic heterocycles. The van der Waals surface area contributed by atoms with Crippen LogP contribution < -0.4 is 10.7 Å². The van der Waals surface area contributed by atoms with Crippen LogP contribution in [0.25, 0.3) is 16.9 Å². The first-order valence-electron chi connectivity index (χ1n) is 8.98. The Hall–Kier alpha value is -3.15. The molecule has 0 radical (unpaired) electrons. The van der Waals surface area contributed by atoms with Crippen LogP contribution in [0.3, 0.4) is 0 Å². The Balaban J connectivity index is 1.42. The summed E-state index contributed by atoms with van der Waals surface area (Å²) >= 11 is 6.04. The normalized spacial score (nSPS) is 11.4. The third-order valence-electron chi connectivity index (χ3n) is 4.36. The number of imidazole rings is 1. The van der Waals surface area contributed by atoms with Crippen LogP contribution in [-0.2, 0) is 6.54 Å². The van der Waals surface area contributed by atoms with Crippen molar-refractivity contribution >= 4 is 29.2 Å². The molecule has 0 aliphatic carbocycles. The highest BCUT2D eigenvalue weighted by Gasteiger charge is 2.04. The Morgan fingerprint density at radius 1 is 1.00 bits per heavy atom. The van der Waals surface area contributed by atoms with Crippen LogP contribution in [-0.4, -0.2) is 22.6 Å². The lowest BCUT2D eigenvalue weighted by atomic mass is 10.1. The Bertz CT molecular complexity index is 1100. The van der Waals surface area contributed by atoms with E-state index in [0.717, 1.165) is 34.7 Å². The summed E-state index contributed by atoms with van der Waals surface area (Å²) in [5, 5.41) is 8.13. The predicted octanol–water partition coefficient (Wildman–Crippen LogP) is 4.82. The van der Waals surface area contributed by atoms with E-state index in [1.807, 2.05) is 66.5 Å². The lowest BCUT2D eigenvalue weighted by Gasteiger charge is -2.02. The third kappa shape index (κ3) is 4.22. The van der Waals surface area contributed by atoms with Crippen LogP contribution in [0.2, 0.25) is 5.02 Å². The lowest BCUT2D eigenvalue weighted by Crippen LogP contribution is -2.04. The van der Waals surface area contributed by atoms with Crippen LogP contribution in [0, 0.1) is 0 Å². The molecule has 0 aliphatic rings. The topological polar surface area (TPSA) is 53.7 Å². The van der Waals surface area contributed by atoms with Gasteiger partial charge in [-0.2, -0.15) is 5.10 Å². The average Bonchev–Trinajstić information content (AvgIpc) is 3.13. The SMILES string of the molecule is CNCc1ccc(C=NNc2ccc(-c3cn4cc(Cl)ccc4n3)cc2)cc1. The molecule has 0 saturated heterocycles. The van der Waals surface area contributed by atoms with Gasteiger partial charge in [-0.25, -0.2) is 4.98 Å². The molecule has 0 aliphatic heterocycles. The lowest BCUT2D eigenvalue weighted by molar-refractivity contribution is 0.818. The third-order valence-corrected chi connectivity index (χ3v) is 4.59. The molecule has 2 heterocycles. The molecule has 140 valence electrons. The molecule has 4 aromatic rings. The number of nitrogens with zero attached hydrogens (tertiary/aromatic N) is 3. The van der Waals surface area contributed by atoms with Gasteiger partial charge in [0.15, 0.2) is 0 Å². The van der Waals surface area contributed by atoms with E-state index in [-0.39, 0.29) is 0 Å². The largest absolute Gasteiger partial charge is 0.316 e. The van der Waals surface area contributed by atoms with Crippen LogP contribution >= 0.6 is 11.6 Å². The molecule has 5 nitrogen and oxygen atoms in total. The van der Waals surface area contributed by atoms with Crippen LogP contribution in [0.1, 0.15) is 11.1 Å². The Morgan fingerprint density at radius 2 is 1.79 bits per heavy atom. The van der Waals surface area contributed by atoms with Crippen LogP contribution in [0.5, 0.6) is 0 Å². The van der Waals surface area contributed by atoms with E-state index in [4.69, 9.17) is 11.6 Å². The van der Waals surface area contributed by atoms with E-state index in [2.05, 4.69) is 45.1 Å². The first kappa shape index (κ1) is 18.2. The number of halogens is 1. The van der Waals surface area contributed by atoms with Crippen molar-refractivity contribution < 1.29 is 0 Å². The van der Waals surface area contributed by atoms with Crippen molar-refractivity contribution in [3.05, 3.63) is 89.2 Å². The fourth-order valence-corrected chi connectivity index (χ4v) is 3.09. The van der Waals surface area contributed by atoms with E-state index < -0.39 is 0 Å². The molecule has 2 N–H and O–H groups in total. The van der Waals surface area contributed by atoms with Gasteiger partial charge in [0.2, 0.25) is 0 Å². The van der Waals surface area contributed by atoms with E-state index >= 15 is 0 Å². The summed E-state index contributed by atoms with van der Waals surface area (Å²) in [6.45, 7) is 0.862. The summed E-state index contributed by atoms with van der Waals surface area (Å²) in [7, 11) is 1.94. The van der Waals surface area contributed by atoms with E-state index in [0.29, 0.717) is 5.02 Å². The van der Waals surface area contributed by atoms with Crippen molar-refractivity contribution in [3.63, 3.8) is 0 Å². The standard InChI is InChI=1S/C22H20ClN5/c1-24-12-16-2-4-17(5-3-16)13-25-27-20-9-6-18(7-10-20)21-15-28-14-19(23)8-11-22(28)26-21/h2-11,13-15,24,27H,12H2,1H3. The second-order valence-electron chi connectivity index (χ2n) is 6.46. The van der Waals surface area contributed by atoms with Gasteiger partial charge in [0, 0.05) is 24.5 Å². The Labute approximate surface area is 168 Å². The maximum Gasteiger partial charge on any atom is 0.137 e. The first-order chi connectivity index (χ1) is 13.7. The minimum atomic E-state index is 0.686. The molecule has 0 spiro atoms. The molecule has 28 heavy (non-hydrogen) atoms. The molecule has 0 unspecified atom stereocenters. The number of nitrogens with one attached hydrogen (secondary N) is 2. The summed E-state index contributed by atoms with van der Waals surface area (Å²) in [4.78, 5) is 4.63. The van der Waals surface area contributed by atoms with Crippen LogP contribution in [0.4, 0.5) is 5.69 Å². The second-order valence-corrected chi connectivity index (χ2v) is 6.89. The quantitative estimate of drug-likeness (QED) is 0.367. The number of hydrazone groups is 1. The fourth-order valence-electron chi connectivity index (χ4n) is 2.93. The smallest absolute Gasteiger partial charge is 0.137 e. The molecule has 6 heteroatoms. The van der Waals surface area contributed by atoms with Gasteiger partial charge in [-0.1, -0.05) is 48.0 Å². The van der Waals surface area contributed by atoms with Crippen molar-refractivity contribution in [2.45, 2.75) is 6.54 Å². The summed E-state index contributed by atoms with van der Waals surface area (Å²) in [6, 6.07) is 20.0. The summed E-state index contributed by atoms with van der Waals surface area (Å²) in [6.07, 6.45) is 5.63. The van der Waals surface area contributed by atoms with Crippen molar-refractivity contribution in [2.24, 2.45) is 5.10 Å². The van der Waals surface area contributed by atoms with Crippen molar-refractivity contribution in [1.82, 2.24) is 14.7 Å². The van der Waals surface area contributed by atoms with Gasteiger partial charge in [-0.3, -0.25) is 5.43 Å². The zero-order valence-corrected chi connectivity index (χ0v) is 16.2. The minimum Gasteiger partial charge on any atom is -0.316 e. The summed E-state index contributed by atoms with van der Waals surface area (Å²) in [5.41, 5.74) is 9.08. The van der Waals surface area contributed by atoms with Gasteiger partial charge in [0.1, 0.15) is 5.65 Å². The fraction of sp³-hybridized carbons (Fsp3) is 0.0909. The number of rotatable bonds is 6. The molecular formula is C22H20ClN5. The van der Waals surface area contributed by atoms with Gasteiger partial charge in [0.25, 0.3) is 0 Å². The molecule has 0 amide bonds. The van der Waals surface area contributed by atoms with Gasteiger partial charge >= 0.3 is 0 Å². The highest BCUT2D eigenvalue weighted by Crippen LogP contribution is 2.22. The molecule has 0 atom stereocenters. The number of aromatic nitrogens is 2. The summed E-state index contributed by atoms with van der Waals surface area (Å²) < 4.78 is 1.93. The maximum atomic E-state index is 6.04. The van der Waals surface area contributed by atoms with Gasteiger partial charge in [-0.15, -0.1) is 0 Å². The van der Waals surface area contributed by atoms with Gasteiger partial charge in [0.05, 0.1) is 22.6 Å².